The minimum atomic E-state index is 0.516. The molecule has 4 heteroatoms. The number of nitrogens with zero attached hydrogens (tertiary/aromatic N) is 2. The van der Waals surface area contributed by atoms with E-state index in [9.17, 15) is 0 Å². The van der Waals surface area contributed by atoms with E-state index in [4.69, 9.17) is 4.74 Å². The van der Waals surface area contributed by atoms with E-state index >= 15 is 0 Å². The average Bonchev–Trinajstić information content (AvgIpc) is 2.76. The molecule has 0 amide bonds. The third-order valence-electron chi connectivity index (χ3n) is 1.92. The van der Waals surface area contributed by atoms with Crippen LogP contribution in [0.25, 0.3) is 0 Å². The van der Waals surface area contributed by atoms with Crippen LogP contribution < -0.4 is 4.74 Å². The Morgan fingerprint density at radius 1 is 1.47 bits per heavy atom. The smallest absolute Gasteiger partial charge is 0.138 e. The van der Waals surface area contributed by atoms with Crippen LogP contribution in [-0.4, -0.2) is 9.97 Å². The largest absolute Gasteiger partial charge is 0.486 e. The van der Waals surface area contributed by atoms with Crippen LogP contribution in [0.5, 0.6) is 5.75 Å². The molecule has 0 saturated carbocycles. The van der Waals surface area contributed by atoms with Crippen molar-refractivity contribution in [1.29, 1.82) is 0 Å². The van der Waals surface area contributed by atoms with Crippen molar-refractivity contribution >= 4 is 11.3 Å². The lowest BCUT2D eigenvalue weighted by molar-refractivity contribution is 0.300. The number of pyridine rings is 1. The second-order valence-electron chi connectivity index (χ2n) is 3.06. The molecule has 0 N–H and O–H groups in total. The van der Waals surface area contributed by atoms with Crippen LogP contribution in [0.15, 0.2) is 29.9 Å². The molecule has 0 radical (unpaired) electrons. The molecular weight excluding hydrogens is 208 g/mol. The van der Waals surface area contributed by atoms with Crippen molar-refractivity contribution in [3.8, 4) is 5.75 Å². The van der Waals surface area contributed by atoms with Gasteiger partial charge in [0.2, 0.25) is 0 Å². The summed E-state index contributed by atoms with van der Waals surface area (Å²) >= 11 is 1.68. The molecule has 2 rings (SSSR count). The predicted molar refractivity (Wildman–Crippen MR) is 60.1 cm³/mol. The Hall–Kier alpha value is -1.42. The second-order valence-corrected chi connectivity index (χ2v) is 4.01. The first-order valence-corrected chi connectivity index (χ1v) is 5.72. The van der Waals surface area contributed by atoms with E-state index in [0.29, 0.717) is 6.61 Å². The molecule has 15 heavy (non-hydrogen) atoms. The normalized spacial score (nSPS) is 10.2. The van der Waals surface area contributed by atoms with Crippen molar-refractivity contribution in [2.45, 2.75) is 20.0 Å². The van der Waals surface area contributed by atoms with Gasteiger partial charge in [-0.15, -0.1) is 11.3 Å². The second kappa shape index (κ2) is 4.89. The van der Waals surface area contributed by atoms with Gasteiger partial charge in [-0.25, -0.2) is 4.98 Å². The van der Waals surface area contributed by atoms with Crippen molar-refractivity contribution in [3.05, 3.63) is 40.6 Å². The van der Waals surface area contributed by atoms with Crippen molar-refractivity contribution in [1.82, 2.24) is 9.97 Å². The molecule has 2 aromatic heterocycles. The van der Waals surface area contributed by atoms with Crippen LogP contribution in [-0.2, 0) is 13.0 Å². The van der Waals surface area contributed by atoms with Gasteiger partial charge in [-0.1, -0.05) is 6.92 Å². The summed E-state index contributed by atoms with van der Waals surface area (Å²) < 4.78 is 5.53. The third kappa shape index (κ3) is 2.76. The molecule has 0 aliphatic carbocycles. The molecule has 0 aromatic carbocycles. The standard InChI is InChI=1S/C11H12N2OS/c1-2-11-13-9(8-15-11)7-14-10-4-3-5-12-6-10/h3-6,8H,2,7H2,1H3. The summed E-state index contributed by atoms with van der Waals surface area (Å²) in [5.41, 5.74) is 0.987. The highest BCUT2D eigenvalue weighted by Crippen LogP contribution is 2.13. The van der Waals surface area contributed by atoms with Crippen LogP contribution in [0.1, 0.15) is 17.6 Å². The fourth-order valence-electron chi connectivity index (χ4n) is 1.17. The Bertz CT molecular complexity index is 414. The van der Waals surface area contributed by atoms with Gasteiger partial charge in [0, 0.05) is 11.6 Å². The van der Waals surface area contributed by atoms with E-state index in [1.807, 2.05) is 17.5 Å². The highest BCUT2D eigenvalue weighted by molar-refractivity contribution is 7.09. The zero-order valence-corrected chi connectivity index (χ0v) is 9.33. The molecule has 0 unspecified atom stereocenters. The monoisotopic (exact) mass is 220 g/mol. The quantitative estimate of drug-likeness (QED) is 0.794. The maximum atomic E-state index is 5.53. The van der Waals surface area contributed by atoms with Gasteiger partial charge in [-0.2, -0.15) is 0 Å². The molecule has 0 bridgehead atoms. The molecule has 0 spiro atoms. The SMILES string of the molecule is CCc1nc(COc2cccnc2)cs1. The minimum Gasteiger partial charge on any atom is -0.486 e. The van der Waals surface area contributed by atoms with E-state index in [1.165, 1.54) is 0 Å². The third-order valence-corrected chi connectivity index (χ3v) is 2.96. The fourth-order valence-corrected chi connectivity index (χ4v) is 1.90. The minimum absolute atomic E-state index is 0.516. The molecule has 2 heterocycles. The number of aromatic nitrogens is 2. The van der Waals surface area contributed by atoms with Crippen LogP contribution in [0, 0.1) is 0 Å². The van der Waals surface area contributed by atoms with Gasteiger partial charge in [0.05, 0.1) is 16.9 Å². The maximum Gasteiger partial charge on any atom is 0.138 e. The molecular formula is C11H12N2OS. The van der Waals surface area contributed by atoms with E-state index in [1.54, 1.807) is 23.7 Å². The number of thiazole rings is 1. The topological polar surface area (TPSA) is 35.0 Å². The Balaban J connectivity index is 1.93. The van der Waals surface area contributed by atoms with Gasteiger partial charge < -0.3 is 4.74 Å². The van der Waals surface area contributed by atoms with Crippen molar-refractivity contribution in [3.63, 3.8) is 0 Å². The Labute approximate surface area is 92.8 Å². The number of hydrogen-bond acceptors (Lipinski definition) is 4. The molecule has 2 aromatic rings. The van der Waals surface area contributed by atoms with Crippen molar-refractivity contribution in [2.75, 3.05) is 0 Å². The first-order chi connectivity index (χ1) is 7.38. The lowest BCUT2D eigenvalue weighted by Gasteiger charge is -2.02. The molecule has 0 atom stereocenters. The van der Waals surface area contributed by atoms with Gasteiger partial charge in [-0.05, 0) is 18.6 Å². The molecule has 78 valence electrons. The summed E-state index contributed by atoms with van der Waals surface area (Å²) in [6, 6.07) is 3.74. The molecule has 0 aliphatic heterocycles. The van der Waals surface area contributed by atoms with Gasteiger partial charge >= 0.3 is 0 Å². The first kappa shape index (κ1) is 10.1. The summed E-state index contributed by atoms with van der Waals surface area (Å²) in [5.74, 6) is 0.781. The number of ether oxygens (including phenoxy) is 1. The van der Waals surface area contributed by atoms with Crippen LogP contribution in [0.2, 0.25) is 0 Å². The van der Waals surface area contributed by atoms with Gasteiger partial charge in [0.15, 0.2) is 0 Å². The van der Waals surface area contributed by atoms with Gasteiger partial charge in [-0.3, -0.25) is 4.98 Å². The van der Waals surface area contributed by atoms with Crippen LogP contribution in [0.4, 0.5) is 0 Å². The molecule has 0 aliphatic rings. The number of rotatable bonds is 4. The Morgan fingerprint density at radius 3 is 3.07 bits per heavy atom. The number of aryl methyl sites for hydroxylation is 1. The van der Waals surface area contributed by atoms with E-state index in [0.717, 1.165) is 22.9 Å². The molecule has 0 fully saturated rings. The lowest BCUT2D eigenvalue weighted by Crippen LogP contribution is -1.96. The summed E-state index contributed by atoms with van der Waals surface area (Å²) in [4.78, 5) is 8.39. The zero-order chi connectivity index (χ0) is 10.5. The first-order valence-electron chi connectivity index (χ1n) is 4.84. The van der Waals surface area contributed by atoms with E-state index < -0.39 is 0 Å². The van der Waals surface area contributed by atoms with Crippen LogP contribution >= 0.6 is 11.3 Å². The molecule has 0 saturated heterocycles. The number of hydrogen-bond donors (Lipinski definition) is 0. The summed E-state index contributed by atoms with van der Waals surface area (Å²) in [7, 11) is 0. The van der Waals surface area contributed by atoms with Gasteiger partial charge in [0.25, 0.3) is 0 Å². The highest BCUT2D eigenvalue weighted by Gasteiger charge is 2.00. The van der Waals surface area contributed by atoms with Crippen molar-refractivity contribution < 1.29 is 4.74 Å². The van der Waals surface area contributed by atoms with Crippen LogP contribution in [0.3, 0.4) is 0 Å². The van der Waals surface area contributed by atoms with E-state index in [2.05, 4.69) is 16.9 Å². The fraction of sp³-hybridized carbons (Fsp3) is 0.273. The van der Waals surface area contributed by atoms with Gasteiger partial charge in [0.1, 0.15) is 12.4 Å². The summed E-state index contributed by atoms with van der Waals surface area (Å²) in [6.45, 7) is 2.62. The Kier molecular flexibility index (Phi) is 3.29. The maximum absolute atomic E-state index is 5.53. The summed E-state index contributed by atoms with van der Waals surface area (Å²) in [5, 5.41) is 3.19. The lowest BCUT2D eigenvalue weighted by atomic mass is 10.4. The molecule has 3 nitrogen and oxygen atoms in total. The summed E-state index contributed by atoms with van der Waals surface area (Å²) in [6.07, 6.45) is 4.41. The van der Waals surface area contributed by atoms with Crippen molar-refractivity contribution in [2.24, 2.45) is 0 Å². The zero-order valence-electron chi connectivity index (χ0n) is 8.51. The predicted octanol–water partition coefficient (Wildman–Crippen LogP) is 2.68. The average molecular weight is 220 g/mol. The Morgan fingerprint density at radius 2 is 2.40 bits per heavy atom. The highest BCUT2D eigenvalue weighted by atomic mass is 32.1. The van der Waals surface area contributed by atoms with E-state index in [-0.39, 0.29) is 0 Å².